The van der Waals surface area contributed by atoms with Crippen LogP contribution in [-0.2, 0) is 14.8 Å². The third kappa shape index (κ3) is 9.69. The molecule has 0 aromatic rings. The molecule has 3 N–H and O–H groups in total. The largest absolute Gasteiger partial charge is 0.444 e. The standard InChI is InChI=1S/C18H35N5O4S.HI/c1-5-19-16(20-9-10-28(25,26)21-11-14-7-6-8-14)22-15-12-23(13-15)17(24)27-18(2,3)4;/h14-15,21H,5-13H2,1-4H3,(H2,19,20,22);1H. The second-order valence-electron chi connectivity index (χ2n) is 8.45. The van der Waals surface area contributed by atoms with Gasteiger partial charge in [0.05, 0.1) is 18.3 Å². The van der Waals surface area contributed by atoms with Gasteiger partial charge in [0.25, 0.3) is 0 Å². The minimum atomic E-state index is -3.30. The number of sulfonamides is 1. The number of halogens is 1. The van der Waals surface area contributed by atoms with Crippen LogP contribution >= 0.6 is 24.0 Å². The van der Waals surface area contributed by atoms with E-state index in [4.69, 9.17) is 4.74 Å². The number of guanidine groups is 1. The van der Waals surface area contributed by atoms with Gasteiger partial charge >= 0.3 is 6.09 Å². The molecule has 2 fully saturated rings. The third-order valence-corrected chi connectivity index (χ3v) is 5.99. The Labute approximate surface area is 191 Å². The van der Waals surface area contributed by atoms with Crippen LogP contribution in [0.3, 0.4) is 0 Å². The molecule has 1 saturated carbocycles. The molecule has 0 radical (unpaired) electrons. The van der Waals surface area contributed by atoms with Crippen molar-refractivity contribution in [3.63, 3.8) is 0 Å². The highest BCUT2D eigenvalue weighted by Crippen LogP contribution is 2.25. The third-order valence-electron chi connectivity index (χ3n) is 4.66. The second-order valence-corrected chi connectivity index (χ2v) is 10.4. The maximum atomic E-state index is 12.1. The molecule has 2 aliphatic rings. The topological polar surface area (TPSA) is 112 Å². The molecule has 1 heterocycles. The number of carbonyl (C=O) groups is 1. The molecule has 0 aromatic heterocycles. The van der Waals surface area contributed by atoms with Crippen molar-refractivity contribution in [2.24, 2.45) is 10.9 Å². The van der Waals surface area contributed by atoms with Crippen molar-refractivity contribution in [3.05, 3.63) is 0 Å². The summed E-state index contributed by atoms with van der Waals surface area (Å²) in [4.78, 5) is 18.0. The molecular formula is C18H36IN5O4S. The minimum Gasteiger partial charge on any atom is -0.444 e. The Morgan fingerprint density at radius 2 is 1.90 bits per heavy atom. The molecule has 11 heteroatoms. The lowest BCUT2D eigenvalue weighted by atomic mass is 9.86. The van der Waals surface area contributed by atoms with E-state index in [0.29, 0.717) is 38.1 Å². The van der Waals surface area contributed by atoms with E-state index in [9.17, 15) is 13.2 Å². The van der Waals surface area contributed by atoms with E-state index >= 15 is 0 Å². The number of aliphatic imine (C=N–C) groups is 1. The summed E-state index contributed by atoms with van der Waals surface area (Å²) < 4.78 is 32.1. The quantitative estimate of drug-likeness (QED) is 0.242. The van der Waals surface area contributed by atoms with E-state index in [1.54, 1.807) is 4.90 Å². The van der Waals surface area contributed by atoms with Gasteiger partial charge in [-0.05, 0) is 46.5 Å². The molecule has 0 unspecified atom stereocenters. The molecule has 29 heavy (non-hydrogen) atoms. The minimum absolute atomic E-state index is 0. The molecule has 0 atom stereocenters. The van der Waals surface area contributed by atoms with Gasteiger partial charge in [0, 0.05) is 26.2 Å². The van der Waals surface area contributed by atoms with Gasteiger partial charge in [-0.2, -0.15) is 0 Å². The fraction of sp³-hybridized carbons (Fsp3) is 0.889. The molecule has 0 aromatic carbocycles. The first-order chi connectivity index (χ1) is 13.1. The van der Waals surface area contributed by atoms with E-state index < -0.39 is 15.6 Å². The van der Waals surface area contributed by atoms with Crippen LogP contribution < -0.4 is 15.4 Å². The van der Waals surface area contributed by atoms with Crippen molar-refractivity contribution in [1.29, 1.82) is 0 Å². The van der Waals surface area contributed by atoms with Crippen LogP contribution in [0.2, 0.25) is 0 Å². The smallest absolute Gasteiger partial charge is 0.410 e. The Morgan fingerprint density at radius 1 is 1.24 bits per heavy atom. The lowest BCUT2D eigenvalue weighted by molar-refractivity contribution is 0.00700. The molecule has 170 valence electrons. The van der Waals surface area contributed by atoms with Crippen LogP contribution in [-0.4, -0.2) is 75.5 Å². The van der Waals surface area contributed by atoms with E-state index in [1.807, 2.05) is 27.7 Å². The Bertz CT molecular complexity index is 656. The number of rotatable bonds is 8. The molecule has 0 bridgehead atoms. The van der Waals surface area contributed by atoms with Gasteiger partial charge in [0.2, 0.25) is 10.0 Å². The lowest BCUT2D eigenvalue weighted by Gasteiger charge is -2.40. The van der Waals surface area contributed by atoms with Gasteiger partial charge in [0.15, 0.2) is 5.96 Å². The molecular weight excluding hydrogens is 509 g/mol. The number of nitrogens with zero attached hydrogens (tertiary/aromatic N) is 2. The Kier molecular flexibility index (Phi) is 10.4. The van der Waals surface area contributed by atoms with Crippen molar-refractivity contribution in [3.8, 4) is 0 Å². The average Bonchev–Trinajstić information content (AvgIpc) is 2.46. The van der Waals surface area contributed by atoms with Crippen LogP contribution in [0.5, 0.6) is 0 Å². The van der Waals surface area contributed by atoms with Crippen molar-refractivity contribution in [2.45, 2.75) is 58.6 Å². The van der Waals surface area contributed by atoms with Crippen LogP contribution in [0.1, 0.15) is 47.0 Å². The monoisotopic (exact) mass is 545 g/mol. The molecule has 0 spiro atoms. The number of hydrogen-bond donors (Lipinski definition) is 3. The number of likely N-dealkylation sites (tertiary alicyclic amines) is 1. The predicted molar refractivity (Wildman–Crippen MR) is 125 cm³/mol. The van der Waals surface area contributed by atoms with Crippen LogP contribution in [0.15, 0.2) is 4.99 Å². The van der Waals surface area contributed by atoms with Crippen LogP contribution in [0.4, 0.5) is 4.79 Å². The van der Waals surface area contributed by atoms with Gasteiger partial charge in [-0.3, -0.25) is 4.99 Å². The zero-order valence-corrected chi connectivity index (χ0v) is 21.0. The van der Waals surface area contributed by atoms with E-state index in [2.05, 4.69) is 20.3 Å². The Balaban J connectivity index is 0.00000420. The highest BCUT2D eigenvalue weighted by Gasteiger charge is 2.34. The molecule has 1 aliphatic heterocycles. The molecule has 2 rings (SSSR count). The van der Waals surface area contributed by atoms with Crippen molar-refractivity contribution < 1.29 is 17.9 Å². The maximum Gasteiger partial charge on any atom is 0.410 e. The highest BCUT2D eigenvalue weighted by molar-refractivity contribution is 14.0. The van der Waals surface area contributed by atoms with Crippen molar-refractivity contribution >= 4 is 46.1 Å². The summed E-state index contributed by atoms with van der Waals surface area (Å²) in [6.07, 6.45) is 3.09. The van der Waals surface area contributed by atoms with Crippen LogP contribution in [0.25, 0.3) is 0 Å². The summed E-state index contributed by atoms with van der Waals surface area (Å²) in [6.45, 7) is 9.90. The number of amides is 1. The first-order valence-corrected chi connectivity index (χ1v) is 11.7. The van der Waals surface area contributed by atoms with E-state index in [1.165, 1.54) is 6.42 Å². The number of ether oxygens (including phenoxy) is 1. The van der Waals surface area contributed by atoms with Gasteiger partial charge in [-0.1, -0.05) is 6.42 Å². The molecule has 1 saturated heterocycles. The molecule has 9 nitrogen and oxygen atoms in total. The predicted octanol–water partition coefficient (Wildman–Crippen LogP) is 1.50. The number of hydrogen-bond acceptors (Lipinski definition) is 5. The normalized spacial score (nSPS) is 18.3. The number of nitrogens with one attached hydrogen (secondary N) is 3. The zero-order chi connectivity index (χ0) is 20.8. The summed E-state index contributed by atoms with van der Waals surface area (Å²) in [7, 11) is -3.30. The average molecular weight is 545 g/mol. The zero-order valence-electron chi connectivity index (χ0n) is 17.9. The van der Waals surface area contributed by atoms with Crippen molar-refractivity contribution in [1.82, 2.24) is 20.3 Å². The first kappa shape index (κ1) is 26.2. The maximum absolute atomic E-state index is 12.1. The first-order valence-electron chi connectivity index (χ1n) is 10.1. The summed E-state index contributed by atoms with van der Waals surface area (Å²) in [5, 5.41) is 6.34. The summed E-state index contributed by atoms with van der Waals surface area (Å²) in [6, 6.07) is 0.0682. The summed E-state index contributed by atoms with van der Waals surface area (Å²) >= 11 is 0. The van der Waals surface area contributed by atoms with Gasteiger partial charge in [-0.15, -0.1) is 24.0 Å². The SMILES string of the molecule is CCNC(=NCCS(=O)(=O)NCC1CCC1)NC1CN(C(=O)OC(C)(C)C)C1.I. The fourth-order valence-corrected chi connectivity index (χ4v) is 3.82. The lowest BCUT2D eigenvalue weighted by Crippen LogP contribution is -2.63. The summed E-state index contributed by atoms with van der Waals surface area (Å²) in [5.74, 6) is 1.01. The highest BCUT2D eigenvalue weighted by atomic mass is 127. The molecule has 1 amide bonds. The van der Waals surface area contributed by atoms with E-state index in [0.717, 1.165) is 12.8 Å². The van der Waals surface area contributed by atoms with Crippen LogP contribution in [0, 0.1) is 5.92 Å². The van der Waals surface area contributed by atoms with E-state index in [-0.39, 0.29) is 48.4 Å². The second kappa shape index (κ2) is 11.5. The number of carbonyl (C=O) groups excluding carboxylic acids is 1. The fourth-order valence-electron chi connectivity index (χ4n) is 2.85. The van der Waals surface area contributed by atoms with Crippen molar-refractivity contribution in [2.75, 3.05) is 38.5 Å². The molecule has 1 aliphatic carbocycles. The Morgan fingerprint density at radius 3 is 2.41 bits per heavy atom. The van der Waals surface area contributed by atoms with Gasteiger partial charge in [0.1, 0.15) is 5.60 Å². The van der Waals surface area contributed by atoms with Gasteiger partial charge < -0.3 is 20.3 Å². The summed E-state index contributed by atoms with van der Waals surface area (Å²) in [5.41, 5.74) is -0.510. The van der Waals surface area contributed by atoms with Gasteiger partial charge in [-0.25, -0.2) is 17.9 Å². The Hall–Kier alpha value is -0.820.